The van der Waals surface area contributed by atoms with E-state index in [1.54, 1.807) is 13.2 Å². The van der Waals surface area contributed by atoms with Gasteiger partial charge in [0.05, 0.1) is 22.2 Å². The van der Waals surface area contributed by atoms with Crippen molar-refractivity contribution in [1.82, 2.24) is 8.87 Å². The van der Waals surface area contributed by atoms with Crippen molar-refractivity contribution in [2.24, 2.45) is 16.8 Å². The van der Waals surface area contributed by atoms with Gasteiger partial charge in [0, 0.05) is 25.2 Å². The standard InChI is InChI=1S/C26H33N3O4S2/c1-7-14-29-23-13-10-21(33-6)15-24(23)34-26(29)27-25(30)20-8-11-22(12-9-20)35(31,32)28(16-18(2)3)17-19(4)5/h7-13,15,18-19H,1,14,16-17H2,2-6H3. The summed E-state index contributed by atoms with van der Waals surface area (Å²) in [6.45, 7) is 13.2. The fraction of sp³-hybridized carbons (Fsp3) is 0.385. The second-order valence-electron chi connectivity index (χ2n) is 9.17. The molecule has 0 bridgehead atoms. The van der Waals surface area contributed by atoms with Crippen LogP contribution in [0.4, 0.5) is 0 Å². The third-order valence-corrected chi connectivity index (χ3v) is 8.16. The Morgan fingerprint density at radius 1 is 1.11 bits per heavy atom. The first kappa shape index (κ1) is 26.8. The van der Waals surface area contributed by atoms with Gasteiger partial charge in [0.1, 0.15) is 5.75 Å². The molecule has 0 fully saturated rings. The molecule has 0 N–H and O–H groups in total. The fourth-order valence-electron chi connectivity index (χ4n) is 3.73. The number of benzene rings is 2. The molecule has 7 nitrogen and oxygen atoms in total. The second kappa shape index (κ2) is 11.3. The Hall–Kier alpha value is -2.75. The largest absolute Gasteiger partial charge is 0.497 e. The molecule has 0 aliphatic rings. The van der Waals surface area contributed by atoms with E-state index in [2.05, 4.69) is 11.6 Å². The number of sulfonamides is 1. The maximum atomic E-state index is 13.2. The lowest BCUT2D eigenvalue weighted by atomic mass is 10.2. The Kier molecular flexibility index (Phi) is 8.69. The van der Waals surface area contributed by atoms with Crippen LogP contribution in [0, 0.1) is 11.8 Å². The SMILES string of the molecule is C=CCn1c(=NC(=O)c2ccc(S(=O)(=O)N(CC(C)C)CC(C)C)cc2)sc2cc(OC)ccc21. The molecule has 0 unspecified atom stereocenters. The highest BCUT2D eigenvalue weighted by atomic mass is 32.2. The van der Waals surface area contributed by atoms with Crippen LogP contribution in [-0.4, -0.2) is 43.4 Å². The summed E-state index contributed by atoms with van der Waals surface area (Å²) in [5.41, 5.74) is 1.25. The number of ether oxygens (including phenoxy) is 1. The second-order valence-corrected chi connectivity index (χ2v) is 12.1. The minimum absolute atomic E-state index is 0.172. The van der Waals surface area contributed by atoms with Crippen molar-refractivity contribution in [1.29, 1.82) is 0 Å². The van der Waals surface area contributed by atoms with Gasteiger partial charge in [0.2, 0.25) is 10.0 Å². The van der Waals surface area contributed by atoms with Gasteiger partial charge in [0.25, 0.3) is 5.91 Å². The van der Waals surface area contributed by atoms with E-state index in [1.165, 1.54) is 39.9 Å². The number of rotatable bonds is 10. The number of carbonyl (C=O) groups is 1. The van der Waals surface area contributed by atoms with E-state index in [1.807, 2.05) is 50.5 Å². The van der Waals surface area contributed by atoms with E-state index in [9.17, 15) is 13.2 Å². The summed E-state index contributed by atoms with van der Waals surface area (Å²) in [5, 5.41) is 0. The molecule has 3 aromatic rings. The molecule has 0 aliphatic carbocycles. The molecule has 0 atom stereocenters. The van der Waals surface area contributed by atoms with Crippen LogP contribution in [0.5, 0.6) is 5.75 Å². The number of nitrogens with zero attached hydrogens (tertiary/aromatic N) is 3. The van der Waals surface area contributed by atoms with E-state index >= 15 is 0 Å². The van der Waals surface area contributed by atoms with Crippen molar-refractivity contribution in [2.75, 3.05) is 20.2 Å². The predicted octanol–water partition coefficient (Wildman–Crippen LogP) is 4.94. The zero-order valence-electron chi connectivity index (χ0n) is 20.9. The van der Waals surface area contributed by atoms with Crippen LogP contribution >= 0.6 is 11.3 Å². The summed E-state index contributed by atoms with van der Waals surface area (Å²) in [6, 6.07) is 11.7. The van der Waals surface area contributed by atoms with Crippen LogP contribution in [0.25, 0.3) is 10.2 Å². The van der Waals surface area contributed by atoms with Gasteiger partial charge in [-0.25, -0.2) is 8.42 Å². The first-order valence-electron chi connectivity index (χ1n) is 11.5. The fourth-order valence-corrected chi connectivity index (χ4v) is 6.56. The topological polar surface area (TPSA) is 81.0 Å². The van der Waals surface area contributed by atoms with Gasteiger partial charge in [0.15, 0.2) is 4.80 Å². The Morgan fingerprint density at radius 3 is 2.29 bits per heavy atom. The van der Waals surface area contributed by atoms with Crippen LogP contribution in [0.15, 0.2) is 65.0 Å². The molecule has 0 radical (unpaired) electrons. The molecule has 1 amide bonds. The highest BCUT2D eigenvalue weighted by molar-refractivity contribution is 7.89. The zero-order valence-corrected chi connectivity index (χ0v) is 22.5. The van der Waals surface area contributed by atoms with Gasteiger partial charge < -0.3 is 9.30 Å². The van der Waals surface area contributed by atoms with Gasteiger partial charge in [-0.15, -0.1) is 6.58 Å². The Morgan fingerprint density at radius 2 is 1.74 bits per heavy atom. The molecule has 1 aromatic heterocycles. The first-order chi connectivity index (χ1) is 16.6. The van der Waals surface area contributed by atoms with Crippen molar-refractivity contribution >= 4 is 37.5 Å². The van der Waals surface area contributed by atoms with Crippen LogP contribution in [0.2, 0.25) is 0 Å². The molecule has 0 saturated carbocycles. The lowest BCUT2D eigenvalue weighted by Gasteiger charge is -2.25. The molecule has 3 rings (SSSR count). The van der Waals surface area contributed by atoms with Crippen LogP contribution in [0.3, 0.4) is 0 Å². The maximum Gasteiger partial charge on any atom is 0.279 e. The summed E-state index contributed by atoms with van der Waals surface area (Å²) in [5.74, 6) is 0.688. The average Bonchev–Trinajstić information content (AvgIpc) is 3.14. The molecular formula is C26H33N3O4S2. The lowest BCUT2D eigenvalue weighted by molar-refractivity contribution is 0.0997. The Balaban J connectivity index is 1.95. The van der Waals surface area contributed by atoms with Gasteiger partial charge in [-0.3, -0.25) is 4.79 Å². The number of amides is 1. The maximum absolute atomic E-state index is 13.2. The predicted molar refractivity (Wildman–Crippen MR) is 141 cm³/mol. The normalized spacial score (nSPS) is 12.7. The molecule has 1 heterocycles. The molecule has 0 aliphatic heterocycles. The van der Waals surface area contributed by atoms with Gasteiger partial charge in [-0.05, 0) is 54.3 Å². The minimum Gasteiger partial charge on any atom is -0.497 e. The van der Waals surface area contributed by atoms with E-state index in [-0.39, 0.29) is 16.7 Å². The van der Waals surface area contributed by atoms with E-state index in [0.29, 0.717) is 30.0 Å². The summed E-state index contributed by atoms with van der Waals surface area (Å²) in [7, 11) is -2.06. The van der Waals surface area contributed by atoms with Crippen molar-refractivity contribution in [3.05, 3.63) is 65.5 Å². The van der Waals surface area contributed by atoms with Gasteiger partial charge in [-0.2, -0.15) is 9.30 Å². The average molecular weight is 516 g/mol. The first-order valence-corrected chi connectivity index (χ1v) is 13.8. The van der Waals surface area contributed by atoms with Crippen molar-refractivity contribution in [3.8, 4) is 5.75 Å². The zero-order chi connectivity index (χ0) is 25.8. The number of allylic oxidation sites excluding steroid dienone is 1. The smallest absolute Gasteiger partial charge is 0.279 e. The highest BCUT2D eigenvalue weighted by Crippen LogP contribution is 2.24. The number of methoxy groups -OCH3 is 1. The molecule has 35 heavy (non-hydrogen) atoms. The van der Waals surface area contributed by atoms with Crippen molar-refractivity contribution in [2.45, 2.75) is 39.1 Å². The molecule has 0 saturated heterocycles. The number of hydrogen-bond donors (Lipinski definition) is 0. The minimum atomic E-state index is -3.66. The summed E-state index contributed by atoms with van der Waals surface area (Å²) in [6.07, 6.45) is 1.75. The monoisotopic (exact) mass is 515 g/mol. The Bertz CT molecular complexity index is 1360. The molecule has 0 spiro atoms. The van der Waals surface area contributed by atoms with E-state index < -0.39 is 15.9 Å². The number of hydrogen-bond acceptors (Lipinski definition) is 5. The highest BCUT2D eigenvalue weighted by Gasteiger charge is 2.26. The Labute approximate surface area is 211 Å². The quantitative estimate of drug-likeness (QED) is 0.358. The molecule has 188 valence electrons. The van der Waals surface area contributed by atoms with Crippen LogP contribution in [-0.2, 0) is 16.6 Å². The van der Waals surface area contributed by atoms with Crippen LogP contribution < -0.4 is 9.54 Å². The summed E-state index contributed by atoms with van der Waals surface area (Å²) in [4.78, 5) is 18.0. The molecule has 9 heteroatoms. The lowest BCUT2D eigenvalue weighted by Crippen LogP contribution is -2.37. The van der Waals surface area contributed by atoms with Gasteiger partial charge >= 0.3 is 0 Å². The van der Waals surface area contributed by atoms with Crippen molar-refractivity contribution < 1.29 is 17.9 Å². The summed E-state index contributed by atoms with van der Waals surface area (Å²) < 4.78 is 36.2. The van der Waals surface area contributed by atoms with Gasteiger partial charge in [-0.1, -0.05) is 45.1 Å². The summed E-state index contributed by atoms with van der Waals surface area (Å²) >= 11 is 1.38. The third kappa shape index (κ3) is 6.28. The number of thiazole rings is 1. The van der Waals surface area contributed by atoms with Crippen molar-refractivity contribution in [3.63, 3.8) is 0 Å². The third-order valence-electron chi connectivity index (χ3n) is 5.28. The molecular weight excluding hydrogens is 482 g/mol. The number of aromatic nitrogens is 1. The van der Waals surface area contributed by atoms with E-state index in [0.717, 1.165) is 16.0 Å². The van der Waals surface area contributed by atoms with Crippen LogP contribution in [0.1, 0.15) is 38.1 Å². The number of carbonyl (C=O) groups excluding carboxylic acids is 1. The number of fused-ring (bicyclic) bond motifs is 1. The molecule has 2 aromatic carbocycles. The van der Waals surface area contributed by atoms with E-state index in [4.69, 9.17) is 4.74 Å².